The summed E-state index contributed by atoms with van der Waals surface area (Å²) in [5.74, 6) is 0.221. The average molecular weight is 560 g/mol. The number of carbonyl (C=O) groups is 1. The van der Waals surface area contributed by atoms with E-state index in [1.165, 1.54) is 4.90 Å². The van der Waals surface area contributed by atoms with Crippen molar-refractivity contribution < 1.29 is 9.90 Å². The normalized spacial score (nSPS) is 16.7. The number of nitrogens with zero attached hydrogens (tertiary/aromatic N) is 2. The number of rotatable bonds is 5. The van der Waals surface area contributed by atoms with Crippen LogP contribution >= 0.6 is 23.2 Å². The second kappa shape index (κ2) is 10.3. The number of hydrogen-bond acceptors (Lipinski definition) is 4. The number of nitrogens with one attached hydrogen (secondary N) is 1. The Morgan fingerprint density at radius 1 is 0.974 bits per heavy atom. The maximum atomic E-state index is 13.4. The minimum atomic E-state index is -1.35. The smallest absolute Gasteiger partial charge is 0.256 e. The molecule has 1 aromatic heterocycles. The van der Waals surface area contributed by atoms with Gasteiger partial charge in [-0.25, -0.2) is 4.98 Å². The van der Waals surface area contributed by atoms with Gasteiger partial charge in [-0.1, -0.05) is 71.7 Å². The SMILES string of the molecule is O=C([C@H](O)c1cccc(Cl)c1)N1CCCc2nc(C3(c4cccc(-c5cccc(Cl)c5)c4)CC3)[nH]c(=O)c2C1. The molecule has 1 aliphatic carbocycles. The molecule has 0 saturated heterocycles. The Hall–Kier alpha value is -3.45. The lowest BCUT2D eigenvalue weighted by molar-refractivity contribution is -0.141. The van der Waals surface area contributed by atoms with Crippen LogP contribution in [0, 0.1) is 0 Å². The third-order valence-corrected chi connectivity index (χ3v) is 8.25. The van der Waals surface area contributed by atoms with Crippen LogP contribution in [0.5, 0.6) is 0 Å². The molecule has 6 rings (SSSR count). The van der Waals surface area contributed by atoms with Crippen LogP contribution in [0.25, 0.3) is 11.1 Å². The first-order valence-corrected chi connectivity index (χ1v) is 13.8. The zero-order chi connectivity index (χ0) is 27.1. The minimum absolute atomic E-state index is 0.103. The zero-order valence-corrected chi connectivity index (χ0v) is 22.7. The molecule has 0 unspecified atom stereocenters. The highest BCUT2D eigenvalue weighted by molar-refractivity contribution is 6.31. The molecule has 1 fully saturated rings. The van der Waals surface area contributed by atoms with E-state index in [2.05, 4.69) is 23.2 Å². The monoisotopic (exact) mass is 559 g/mol. The molecule has 198 valence electrons. The van der Waals surface area contributed by atoms with Gasteiger partial charge in [-0.2, -0.15) is 0 Å². The number of fused-ring (bicyclic) bond motifs is 1. The molecule has 2 heterocycles. The molecular formula is C31H27Cl2N3O3. The van der Waals surface area contributed by atoms with Gasteiger partial charge in [0.15, 0.2) is 6.10 Å². The number of hydrogen-bond donors (Lipinski definition) is 2. The molecule has 1 amide bonds. The first-order valence-electron chi connectivity index (χ1n) is 13.1. The predicted molar refractivity (Wildman–Crippen MR) is 152 cm³/mol. The van der Waals surface area contributed by atoms with Gasteiger partial charge in [-0.15, -0.1) is 0 Å². The Bertz CT molecular complexity index is 1630. The van der Waals surface area contributed by atoms with Crippen molar-refractivity contribution >= 4 is 29.1 Å². The van der Waals surface area contributed by atoms with Crippen molar-refractivity contribution in [2.45, 2.75) is 43.7 Å². The third-order valence-electron chi connectivity index (χ3n) is 7.78. The number of H-pyrrole nitrogens is 1. The van der Waals surface area contributed by atoms with Crippen LogP contribution in [0.15, 0.2) is 77.6 Å². The Morgan fingerprint density at radius 2 is 1.67 bits per heavy atom. The minimum Gasteiger partial charge on any atom is -0.378 e. The summed E-state index contributed by atoms with van der Waals surface area (Å²) in [4.78, 5) is 36.1. The summed E-state index contributed by atoms with van der Waals surface area (Å²) < 4.78 is 0. The van der Waals surface area contributed by atoms with Crippen molar-refractivity contribution in [3.8, 4) is 11.1 Å². The summed E-state index contributed by atoms with van der Waals surface area (Å²) in [5, 5.41) is 11.9. The lowest BCUT2D eigenvalue weighted by Gasteiger charge is -2.24. The van der Waals surface area contributed by atoms with Crippen LogP contribution in [-0.2, 0) is 23.2 Å². The van der Waals surface area contributed by atoms with E-state index in [1.54, 1.807) is 24.3 Å². The van der Waals surface area contributed by atoms with Crippen molar-refractivity contribution in [1.29, 1.82) is 0 Å². The van der Waals surface area contributed by atoms with E-state index in [0.29, 0.717) is 46.4 Å². The number of amides is 1. The third kappa shape index (κ3) is 5.00. The highest BCUT2D eigenvalue weighted by Crippen LogP contribution is 2.52. The number of aliphatic hydroxyl groups excluding tert-OH is 1. The fraction of sp³-hybridized carbons (Fsp3) is 0.258. The first-order chi connectivity index (χ1) is 18.8. The van der Waals surface area contributed by atoms with Crippen molar-refractivity contribution in [2.24, 2.45) is 0 Å². The van der Waals surface area contributed by atoms with E-state index in [9.17, 15) is 14.7 Å². The van der Waals surface area contributed by atoms with E-state index < -0.39 is 12.0 Å². The molecule has 3 aromatic carbocycles. The molecule has 6 nitrogen and oxygen atoms in total. The maximum Gasteiger partial charge on any atom is 0.256 e. The highest BCUT2D eigenvalue weighted by atomic mass is 35.5. The molecule has 2 aliphatic rings. The fourth-order valence-corrected chi connectivity index (χ4v) is 5.87. The number of aliphatic hydroxyl groups is 1. The van der Waals surface area contributed by atoms with Crippen LogP contribution in [0.1, 0.15) is 53.6 Å². The second-order valence-corrected chi connectivity index (χ2v) is 11.2. The second-order valence-electron chi connectivity index (χ2n) is 10.3. The quantitative estimate of drug-likeness (QED) is 0.322. The molecule has 2 N–H and O–H groups in total. The summed E-state index contributed by atoms with van der Waals surface area (Å²) in [6.07, 6.45) is 1.67. The Kier molecular flexibility index (Phi) is 6.79. The van der Waals surface area contributed by atoms with Gasteiger partial charge < -0.3 is 15.0 Å². The van der Waals surface area contributed by atoms with Gasteiger partial charge in [0.25, 0.3) is 11.5 Å². The summed E-state index contributed by atoms with van der Waals surface area (Å²) in [5.41, 5.74) is 4.26. The average Bonchev–Trinajstić information content (AvgIpc) is 3.77. The van der Waals surface area contributed by atoms with Crippen LogP contribution in [0.3, 0.4) is 0 Å². The van der Waals surface area contributed by atoms with Crippen LogP contribution in [-0.4, -0.2) is 32.4 Å². The van der Waals surface area contributed by atoms with Gasteiger partial charge in [-0.3, -0.25) is 9.59 Å². The lowest BCUT2D eigenvalue weighted by atomic mass is 9.91. The lowest BCUT2D eigenvalue weighted by Crippen LogP contribution is -2.36. The van der Waals surface area contributed by atoms with Crippen LogP contribution in [0.4, 0.5) is 0 Å². The summed E-state index contributed by atoms with van der Waals surface area (Å²) in [6.45, 7) is 0.528. The summed E-state index contributed by atoms with van der Waals surface area (Å²) in [7, 11) is 0. The first kappa shape index (κ1) is 25.8. The largest absolute Gasteiger partial charge is 0.378 e. The van der Waals surface area contributed by atoms with Crippen LogP contribution in [0.2, 0.25) is 10.0 Å². The van der Waals surface area contributed by atoms with Crippen LogP contribution < -0.4 is 5.56 Å². The van der Waals surface area contributed by atoms with Crippen molar-refractivity contribution in [2.75, 3.05) is 6.54 Å². The van der Waals surface area contributed by atoms with Gasteiger partial charge in [0, 0.05) is 16.6 Å². The Balaban J connectivity index is 1.29. The van der Waals surface area contributed by atoms with Gasteiger partial charge in [-0.05, 0) is 72.2 Å². The Labute approximate surface area is 236 Å². The summed E-state index contributed by atoms with van der Waals surface area (Å²) >= 11 is 12.3. The fourth-order valence-electron chi connectivity index (χ4n) is 5.48. The number of carbonyl (C=O) groups excluding carboxylic acids is 1. The zero-order valence-electron chi connectivity index (χ0n) is 21.2. The van der Waals surface area contributed by atoms with Gasteiger partial charge in [0.05, 0.1) is 23.2 Å². The van der Waals surface area contributed by atoms with E-state index in [0.717, 1.165) is 35.2 Å². The van der Waals surface area contributed by atoms with Gasteiger partial charge in [0.2, 0.25) is 0 Å². The standard InChI is InChI=1S/C31H27Cl2N3O3/c32-23-9-2-6-20(16-23)19-5-1-8-22(15-19)31(12-13-31)30-34-26-11-4-14-36(18-25(26)28(38)35-30)29(39)27(37)21-7-3-10-24(33)17-21/h1-3,5-10,15-17,27,37H,4,11-14,18H2,(H,34,35,38)/t27-/m1/s1. The van der Waals surface area contributed by atoms with Crippen molar-refractivity contribution in [3.05, 3.63) is 121 Å². The van der Waals surface area contributed by atoms with Crippen molar-refractivity contribution in [3.63, 3.8) is 0 Å². The highest BCUT2D eigenvalue weighted by Gasteiger charge is 2.49. The molecule has 8 heteroatoms. The molecule has 0 spiro atoms. The van der Waals surface area contributed by atoms with Gasteiger partial charge in [0.1, 0.15) is 5.82 Å². The topological polar surface area (TPSA) is 86.3 Å². The molecule has 1 saturated carbocycles. The molecule has 4 aromatic rings. The number of aryl methyl sites for hydroxylation is 1. The van der Waals surface area contributed by atoms with Gasteiger partial charge >= 0.3 is 0 Å². The molecule has 0 radical (unpaired) electrons. The molecule has 39 heavy (non-hydrogen) atoms. The maximum absolute atomic E-state index is 13.4. The number of benzene rings is 3. The number of aromatic amines is 1. The predicted octanol–water partition coefficient (Wildman–Crippen LogP) is 5.83. The molecular weight excluding hydrogens is 533 g/mol. The molecule has 1 aliphatic heterocycles. The number of aromatic nitrogens is 2. The molecule has 1 atom stereocenters. The van der Waals surface area contributed by atoms with E-state index in [4.69, 9.17) is 28.2 Å². The van der Waals surface area contributed by atoms with Crippen molar-refractivity contribution in [1.82, 2.24) is 14.9 Å². The van der Waals surface area contributed by atoms with E-state index in [-0.39, 0.29) is 17.5 Å². The Morgan fingerprint density at radius 3 is 2.38 bits per heavy atom. The molecule has 0 bridgehead atoms. The summed E-state index contributed by atoms with van der Waals surface area (Å²) in [6, 6.07) is 22.7. The van der Waals surface area contributed by atoms with E-state index in [1.807, 2.05) is 30.3 Å². The number of halogens is 2. The van der Waals surface area contributed by atoms with E-state index >= 15 is 0 Å².